The van der Waals surface area contributed by atoms with Gasteiger partial charge in [0.05, 0.1) is 22.4 Å². The summed E-state index contributed by atoms with van der Waals surface area (Å²) in [4.78, 5) is 37.7. The fourth-order valence-electron chi connectivity index (χ4n) is 4.77. The first-order valence-corrected chi connectivity index (χ1v) is 14.7. The van der Waals surface area contributed by atoms with Gasteiger partial charge in [0, 0.05) is 61.5 Å². The Labute approximate surface area is 250 Å². The van der Waals surface area contributed by atoms with Gasteiger partial charge in [-0.15, -0.1) is 23.2 Å². The molecule has 0 unspecified atom stereocenters. The lowest BCUT2D eigenvalue weighted by Gasteiger charge is -2.25. The molecule has 2 heterocycles. The van der Waals surface area contributed by atoms with Crippen LogP contribution in [0.15, 0.2) is 48.7 Å². The molecule has 0 fully saturated rings. The minimum Gasteiger partial charge on any atom is -0.369 e. The standard InChI is InChI=1S/C30H37Cl2N7O2/c1-20-16-22(8-10-26(20)39(14-11-31)15-12-32)34-30(41)21-7-9-24-25(17-21)36-29(35-24)27-18-23(19-38(27)4)33-28(40)6-5-13-37(2)3/h7-10,16-19H,5-6,11-15H2,1-4H3,(H,33,40)(H,34,41)(H,35,36). The van der Waals surface area contributed by atoms with Crippen LogP contribution < -0.4 is 15.5 Å². The molecule has 41 heavy (non-hydrogen) atoms. The van der Waals surface area contributed by atoms with Crippen LogP contribution >= 0.6 is 23.2 Å². The Morgan fingerprint density at radius 3 is 2.41 bits per heavy atom. The maximum Gasteiger partial charge on any atom is 0.255 e. The maximum atomic E-state index is 13.1. The van der Waals surface area contributed by atoms with E-state index < -0.39 is 0 Å². The van der Waals surface area contributed by atoms with E-state index in [4.69, 9.17) is 28.2 Å². The number of imidazole rings is 1. The molecule has 4 aromatic rings. The van der Waals surface area contributed by atoms with Gasteiger partial charge in [-0.25, -0.2) is 4.98 Å². The van der Waals surface area contributed by atoms with Crippen LogP contribution in [0.1, 0.15) is 28.8 Å². The molecular weight excluding hydrogens is 561 g/mol. The Balaban J connectivity index is 1.46. The van der Waals surface area contributed by atoms with Gasteiger partial charge in [0.1, 0.15) is 0 Å². The predicted octanol–water partition coefficient (Wildman–Crippen LogP) is 5.69. The van der Waals surface area contributed by atoms with Crippen molar-refractivity contribution in [1.82, 2.24) is 19.4 Å². The zero-order valence-corrected chi connectivity index (χ0v) is 25.4. The van der Waals surface area contributed by atoms with Crippen molar-refractivity contribution >= 4 is 63.1 Å². The molecule has 4 rings (SSSR count). The van der Waals surface area contributed by atoms with Crippen LogP contribution in [0.5, 0.6) is 0 Å². The third-order valence-electron chi connectivity index (χ3n) is 6.79. The molecule has 2 aromatic carbocycles. The highest BCUT2D eigenvalue weighted by Crippen LogP contribution is 2.27. The Kier molecular flexibility index (Phi) is 10.3. The number of halogens is 2. The number of aromatic nitrogens is 3. The van der Waals surface area contributed by atoms with Gasteiger partial charge in [-0.1, -0.05) is 0 Å². The van der Waals surface area contributed by atoms with Crippen molar-refractivity contribution in [1.29, 1.82) is 0 Å². The van der Waals surface area contributed by atoms with E-state index in [1.165, 1.54) is 0 Å². The number of hydrogen-bond acceptors (Lipinski definition) is 5. The Morgan fingerprint density at radius 1 is 0.976 bits per heavy atom. The monoisotopic (exact) mass is 597 g/mol. The zero-order chi connectivity index (χ0) is 29.5. The molecule has 0 bridgehead atoms. The van der Waals surface area contributed by atoms with Crippen LogP contribution in [0.3, 0.4) is 0 Å². The average molecular weight is 599 g/mol. The summed E-state index contributed by atoms with van der Waals surface area (Å²) in [5.74, 6) is 1.43. The number of anilines is 3. The summed E-state index contributed by atoms with van der Waals surface area (Å²) < 4.78 is 1.91. The maximum absolute atomic E-state index is 13.1. The normalized spacial score (nSPS) is 11.3. The number of hydrogen-bond donors (Lipinski definition) is 3. The number of carbonyl (C=O) groups is 2. The first-order valence-electron chi connectivity index (χ1n) is 13.6. The molecule has 0 atom stereocenters. The average Bonchev–Trinajstić information content (AvgIpc) is 3.50. The van der Waals surface area contributed by atoms with Crippen molar-refractivity contribution in [2.24, 2.45) is 7.05 Å². The first-order chi connectivity index (χ1) is 19.7. The van der Waals surface area contributed by atoms with Crippen LogP contribution in [0.2, 0.25) is 0 Å². The third kappa shape index (κ3) is 7.81. The minimum atomic E-state index is -0.216. The van der Waals surface area contributed by atoms with Crippen molar-refractivity contribution < 1.29 is 9.59 Å². The van der Waals surface area contributed by atoms with Crippen LogP contribution in [0, 0.1) is 6.92 Å². The van der Waals surface area contributed by atoms with Crippen LogP contribution in [-0.4, -0.2) is 76.7 Å². The summed E-state index contributed by atoms with van der Waals surface area (Å²) in [6.45, 7) is 4.26. The van der Waals surface area contributed by atoms with Crippen molar-refractivity contribution in [2.45, 2.75) is 19.8 Å². The number of carbonyl (C=O) groups excluding carboxylic acids is 2. The second kappa shape index (κ2) is 13.9. The molecule has 2 amide bonds. The van der Waals surface area contributed by atoms with E-state index in [1.54, 1.807) is 12.1 Å². The Morgan fingerprint density at radius 2 is 1.73 bits per heavy atom. The van der Waals surface area contributed by atoms with E-state index in [-0.39, 0.29) is 11.8 Å². The summed E-state index contributed by atoms with van der Waals surface area (Å²) >= 11 is 11.9. The number of alkyl halides is 2. The number of amides is 2. The number of aromatic amines is 1. The van der Waals surface area contributed by atoms with Crippen LogP contribution in [0.4, 0.5) is 17.1 Å². The summed E-state index contributed by atoms with van der Waals surface area (Å²) in [5, 5.41) is 5.96. The van der Waals surface area contributed by atoms with E-state index in [0.29, 0.717) is 54.0 Å². The fourth-order valence-corrected chi connectivity index (χ4v) is 5.18. The summed E-state index contributed by atoms with van der Waals surface area (Å²) in [5.41, 5.74) is 6.31. The van der Waals surface area contributed by atoms with Crippen molar-refractivity contribution in [3.63, 3.8) is 0 Å². The number of aryl methyl sites for hydroxylation is 2. The quantitative estimate of drug-likeness (QED) is 0.172. The predicted molar refractivity (Wildman–Crippen MR) is 170 cm³/mol. The molecule has 0 saturated carbocycles. The topological polar surface area (TPSA) is 98.3 Å². The van der Waals surface area contributed by atoms with Crippen molar-refractivity contribution in [3.8, 4) is 11.5 Å². The highest BCUT2D eigenvalue weighted by Gasteiger charge is 2.15. The van der Waals surface area contributed by atoms with Gasteiger partial charge < -0.3 is 30.0 Å². The van der Waals surface area contributed by atoms with E-state index in [2.05, 4.69) is 25.4 Å². The van der Waals surface area contributed by atoms with Gasteiger partial charge in [0.2, 0.25) is 5.91 Å². The number of nitrogens with one attached hydrogen (secondary N) is 3. The van der Waals surface area contributed by atoms with E-state index >= 15 is 0 Å². The van der Waals surface area contributed by atoms with Gasteiger partial charge in [0.25, 0.3) is 5.91 Å². The van der Waals surface area contributed by atoms with Crippen molar-refractivity contribution in [3.05, 3.63) is 59.8 Å². The highest BCUT2D eigenvalue weighted by molar-refractivity contribution is 6.18. The molecule has 0 aliphatic heterocycles. The lowest BCUT2D eigenvalue weighted by molar-refractivity contribution is -0.116. The molecule has 9 nitrogen and oxygen atoms in total. The summed E-state index contributed by atoms with van der Waals surface area (Å²) in [6.07, 6.45) is 3.12. The Bertz CT molecular complexity index is 1510. The molecule has 0 saturated heterocycles. The molecule has 0 aliphatic carbocycles. The number of fused-ring (bicyclic) bond motifs is 1. The number of nitrogens with zero attached hydrogens (tertiary/aromatic N) is 4. The van der Waals surface area contributed by atoms with Gasteiger partial charge in [-0.05, 0) is 82.0 Å². The molecule has 2 aromatic heterocycles. The molecule has 0 spiro atoms. The lowest BCUT2D eigenvalue weighted by atomic mass is 10.1. The minimum absolute atomic E-state index is 0.0167. The van der Waals surface area contributed by atoms with Gasteiger partial charge in [-0.2, -0.15) is 0 Å². The first kappa shape index (κ1) is 30.4. The highest BCUT2D eigenvalue weighted by atomic mass is 35.5. The SMILES string of the molecule is Cc1cc(NC(=O)c2ccc3nc(-c4cc(NC(=O)CCCN(C)C)cn4C)[nH]c3c2)ccc1N(CCCl)CCCl. The molecule has 3 N–H and O–H groups in total. The number of H-pyrrole nitrogens is 1. The number of benzene rings is 2. The van der Waals surface area contributed by atoms with Gasteiger partial charge >= 0.3 is 0 Å². The molecule has 11 heteroatoms. The van der Waals surface area contributed by atoms with Gasteiger partial charge in [0.15, 0.2) is 5.82 Å². The second-order valence-electron chi connectivity index (χ2n) is 10.3. The fraction of sp³-hybridized carbons (Fsp3) is 0.367. The van der Waals surface area contributed by atoms with Crippen LogP contribution in [-0.2, 0) is 11.8 Å². The molecule has 0 radical (unpaired) electrons. The number of rotatable bonds is 13. The largest absolute Gasteiger partial charge is 0.369 e. The molecular formula is C30H37Cl2N7O2. The van der Waals surface area contributed by atoms with Crippen LogP contribution in [0.25, 0.3) is 22.6 Å². The summed E-state index contributed by atoms with van der Waals surface area (Å²) in [7, 11) is 5.89. The van der Waals surface area contributed by atoms with E-state index in [1.807, 2.05) is 69.2 Å². The molecule has 218 valence electrons. The van der Waals surface area contributed by atoms with E-state index in [0.717, 1.165) is 40.9 Å². The van der Waals surface area contributed by atoms with E-state index in [9.17, 15) is 9.59 Å². The smallest absolute Gasteiger partial charge is 0.255 e. The molecule has 0 aliphatic rings. The third-order valence-corrected chi connectivity index (χ3v) is 7.13. The lowest BCUT2D eigenvalue weighted by Crippen LogP contribution is -2.28. The second-order valence-corrected chi connectivity index (χ2v) is 11.1. The zero-order valence-electron chi connectivity index (χ0n) is 23.9. The Hall–Kier alpha value is -3.53. The summed E-state index contributed by atoms with van der Waals surface area (Å²) in [6, 6.07) is 13.1. The van der Waals surface area contributed by atoms with Crippen molar-refractivity contribution in [2.75, 3.05) is 61.0 Å². The van der Waals surface area contributed by atoms with Gasteiger partial charge in [-0.3, -0.25) is 9.59 Å².